The molecule has 0 aliphatic heterocycles. The minimum Gasteiger partial charge on any atom is -0.496 e. The van der Waals surface area contributed by atoms with E-state index < -0.39 is 5.91 Å². The van der Waals surface area contributed by atoms with E-state index in [9.17, 15) is 4.79 Å². The number of methoxy groups -OCH3 is 1. The molecule has 1 aromatic carbocycles. The highest BCUT2D eigenvalue weighted by Crippen LogP contribution is 2.24. The quantitative estimate of drug-likeness (QED) is 0.628. The van der Waals surface area contributed by atoms with Crippen LogP contribution in [0.5, 0.6) is 5.75 Å². The highest BCUT2D eigenvalue weighted by atomic mass is 16.5. The molecular formula is C16H13N7O2. The molecule has 0 radical (unpaired) electrons. The molecule has 0 saturated heterocycles. The Morgan fingerprint density at radius 1 is 1.28 bits per heavy atom. The molecule has 0 bridgehead atoms. The molecule has 2 N–H and O–H groups in total. The number of amides is 1. The maximum Gasteiger partial charge on any atom is 0.260 e. The van der Waals surface area contributed by atoms with Gasteiger partial charge in [0.05, 0.1) is 30.3 Å². The molecule has 1 aromatic heterocycles. The van der Waals surface area contributed by atoms with Crippen LogP contribution in [0.25, 0.3) is 0 Å². The van der Waals surface area contributed by atoms with Crippen molar-refractivity contribution >= 4 is 23.1 Å². The van der Waals surface area contributed by atoms with E-state index in [-0.39, 0.29) is 17.0 Å². The van der Waals surface area contributed by atoms with E-state index >= 15 is 0 Å². The molecule has 1 heterocycles. The Labute approximate surface area is 143 Å². The predicted molar refractivity (Wildman–Crippen MR) is 90.0 cm³/mol. The first-order valence-electron chi connectivity index (χ1n) is 6.99. The number of aromatic nitrogens is 2. The minimum absolute atomic E-state index is 0.279. The van der Waals surface area contributed by atoms with Gasteiger partial charge in [0.25, 0.3) is 5.91 Å². The monoisotopic (exact) mass is 335 g/mol. The third-order valence-corrected chi connectivity index (χ3v) is 2.95. The molecule has 2 rings (SSSR count). The average Bonchev–Trinajstić information content (AvgIpc) is 2.62. The predicted octanol–water partition coefficient (Wildman–Crippen LogP) is 1.86. The zero-order chi connectivity index (χ0) is 18.2. The summed E-state index contributed by atoms with van der Waals surface area (Å²) in [5, 5.41) is 23.6. The van der Waals surface area contributed by atoms with E-state index in [1.807, 2.05) is 0 Å². The Kier molecular flexibility index (Phi) is 5.59. The fourth-order valence-electron chi connectivity index (χ4n) is 1.85. The number of ether oxygens (including phenoxy) is 1. The average molecular weight is 335 g/mol. The number of benzene rings is 1. The Morgan fingerprint density at radius 3 is 2.68 bits per heavy atom. The topological polar surface area (TPSA) is 136 Å². The molecular weight excluding hydrogens is 322 g/mol. The van der Waals surface area contributed by atoms with Crippen LogP contribution in [-0.2, 0) is 0 Å². The largest absolute Gasteiger partial charge is 0.496 e. The smallest absolute Gasteiger partial charge is 0.260 e. The maximum atomic E-state index is 12.4. The number of carbonyl (C=O) groups excluding carboxylic acids is 1. The van der Waals surface area contributed by atoms with E-state index in [0.29, 0.717) is 17.2 Å². The van der Waals surface area contributed by atoms with Crippen molar-refractivity contribution in [1.82, 2.24) is 9.97 Å². The maximum absolute atomic E-state index is 12.4. The van der Waals surface area contributed by atoms with Gasteiger partial charge in [-0.15, -0.1) is 0 Å². The van der Waals surface area contributed by atoms with Crippen molar-refractivity contribution in [1.29, 1.82) is 10.5 Å². The van der Waals surface area contributed by atoms with Crippen molar-refractivity contribution in [2.24, 2.45) is 5.10 Å². The highest BCUT2D eigenvalue weighted by Gasteiger charge is 2.14. The summed E-state index contributed by atoms with van der Waals surface area (Å²) >= 11 is 0. The summed E-state index contributed by atoms with van der Waals surface area (Å²) in [6.07, 6.45) is 3.02. The molecule has 124 valence electrons. The molecule has 0 fully saturated rings. The number of aryl methyl sites for hydroxylation is 1. The Morgan fingerprint density at radius 2 is 2.04 bits per heavy atom. The van der Waals surface area contributed by atoms with Gasteiger partial charge in [-0.1, -0.05) is 0 Å². The molecule has 0 aliphatic rings. The summed E-state index contributed by atoms with van der Waals surface area (Å²) < 4.78 is 5.21. The normalized spacial score (nSPS) is 9.28. The number of nitrogens with zero attached hydrogens (tertiary/aromatic N) is 5. The van der Waals surface area contributed by atoms with E-state index in [2.05, 4.69) is 25.8 Å². The Balaban J connectivity index is 2.21. The molecule has 9 nitrogen and oxygen atoms in total. The summed E-state index contributed by atoms with van der Waals surface area (Å²) in [6.45, 7) is 1.76. The summed E-state index contributed by atoms with van der Waals surface area (Å²) in [5.41, 5.74) is 3.64. The molecule has 2 aromatic rings. The molecule has 0 spiro atoms. The zero-order valence-corrected chi connectivity index (χ0v) is 13.4. The van der Waals surface area contributed by atoms with Gasteiger partial charge in [-0.2, -0.15) is 15.6 Å². The van der Waals surface area contributed by atoms with Crippen molar-refractivity contribution < 1.29 is 9.53 Å². The SMILES string of the molecule is COc1cc(NN=C(C#N)C#N)ccc1C(=O)Nc1cncc(C)n1. The van der Waals surface area contributed by atoms with Gasteiger partial charge in [-0.3, -0.25) is 15.2 Å². The van der Waals surface area contributed by atoms with Crippen molar-refractivity contribution in [3.63, 3.8) is 0 Å². The van der Waals surface area contributed by atoms with Crippen LogP contribution in [-0.4, -0.2) is 28.7 Å². The van der Waals surface area contributed by atoms with Gasteiger partial charge in [0.2, 0.25) is 5.71 Å². The number of carbonyl (C=O) groups is 1. The van der Waals surface area contributed by atoms with Crippen molar-refractivity contribution in [2.75, 3.05) is 17.9 Å². The summed E-state index contributed by atoms with van der Waals surface area (Å²) in [4.78, 5) is 20.5. The first kappa shape index (κ1) is 17.4. The third kappa shape index (κ3) is 4.50. The van der Waals surface area contributed by atoms with Crippen molar-refractivity contribution in [3.05, 3.63) is 41.9 Å². The molecule has 0 atom stereocenters. The van der Waals surface area contributed by atoms with Gasteiger partial charge in [0, 0.05) is 12.3 Å². The second kappa shape index (κ2) is 8.04. The highest BCUT2D eigenvalue weighted by molar-refractivity contribution is 6.10. The third-order valence-electron chi connectivity index (χ3n) is 2.95. The fraction of sp³-hybridized carbons (Fsp3) is 0.125. The van der Waals surface area contributed by atoms with Gasteiger partial charge in [-0.05, 0) is 19.1 Å². The van der Waals surface area contributed by atoms with Gasteiger partial charge >= 0.3 is 0 Å². The molecule has 0 unspecified atom stereocenters. The van der Waals surface area contributed by atoms with Gasteiger partial charge in [0.1, 0.15) is 17.9 Å². The lowest BCUT2D eigenvalue weighted by molar-refractivity contribution is 0.102. The molecule has 25 heavy (non-hydrogen) atoms. The summed E-state index contributed by atoms with van der Waals surface area (Å²) in [7, 11) is 1.42. The van der Waals surface area contributed by atoms with Crippen LogP contribution >= 0.6 is 0 Å². The standard InChI is InChI=1S/C16H13N7O2/c1-10-8-19-9-15(20-10)21-16(24)13-4-3-11(5-14(13)25-2)22-23-12(6-17)7-18/h3-5,8-9,22H,1-2H3,(H,20,21,24). The Hall–Kier alpha value is -3.98. The number of hydrazone groups is 1. The van der Waals surface area contributed by atoms with Crippen molar-refractivity contribution in [2.45, 2.75) is 6.92 Å². The van der Waals surface area contributed by atoms with E-state index in [4.69, 9.17) is 15.3 Å². The van der Waals surface area contributed by atoms with Gasteiger partial charge in [-0.25, -0.2) is 4.98 Å². The van der Waals surface area contributed by atoms with Gasteiger partial charge in [0.15, 0.2) is 5.82 Å². The number of hydrogen-bond donors (Lipinski definition) is 2. The number of hydrogen-bond acceptors (Lipinski definition) is 8. The zero-order valence-electron chi connectivity index (χ0n) is 13.4. The van der Waals surface area contributed by atoms with Crippen LogP contribution in [0.15, 0.2) is 35.7 Å². The first-order valence-corrected chi connectivity index (χ1v) is 6.99. The van der Waals surface area contributed by atoms with Crippen molar-refractivity contribution in [3.8, 4) is 17.9 Å². The molecule has 0 saturated carbocycles. The number of nitriles is 2. The second-order valence-electron chi connectivity index (χ2n) is 4.71. The number of nitrogens with one attached hydrogen (secondary N) is 2. The summed E-state index contributed by atoms with van der Waals surface area (Å²) in [5.74, 6) is 0.196. The lowest BCUT2D eigenvalue weighted by Crippen LogP contribution is -2.14. The van der Waals surface area contributed by atoms with Crippen LogP contribution in [0.1, 0.15) is 16.1 Å². The molecule has 0 aliphatic carbocycles. The van der Waals surface area contributed by atoms with Crippen LogP contribution < -0.4 is 15.5 Å². The fourth-order valence-corrected chi connectivity index (χ4v) is 1.85. The van der Waals surface area contributed by atoms with Crippen LogP contribution in [0.2, 0.25) is 0 Å². The minimum atomic E-state index is -0.415. The van der Waals surface area contributed by atoms with E-state index in [1.165, 1.54) is 25.4 Å². The lowest BCUT2D eigenvalue weighted by Gasteiger charge is -2.10. The second-order valence-corrected chi connectivity index (χ2v) is 4.71. The summed E-state index contributed by atoms with van der Waals surface area (Å²) in [6, 6.07) is 7.87. The number of anilines is 2. The molecule has 1 amide bonds. The molecule has 9 heteroatoms. The lowest BCUT2D eigenvalue weighted by atomic mass is 10.1. The number of rotatable bonds is 5. The van der Waals surface area contributed by atoms with Gasteiger partial charge < -0.3 is 10.1 Å². The van der Waals surface area contributed by atoms with Crippen LogP contribution in [0.4, 0.5) is 11.5 Å². The van der Waals surface area contributed by atoms with Crippen LogP contribution in [0, 0.1) is 29.6 Å². The van der Waals surface area contributed by atoms with Crippen LogP contribution in [0.3, 0.4) is 0 Å². The Bertz CT molecular complexity index is 893. The van der Waals surface area contributed by atoms with E-state index in [0.717, 1.165) is 0 Å². The first-order chi connectivity index (χ1) is 12.1. The van der Waals surface area contributed by atoms with E-state index in [1.54, 1.807) is 31.3 Å².